The maximum Gasteiger partial charge on any atom is 0.249 e. The molecule has 0 bridgehead atoms. The Kier molecular flexibility index (Phi) is 2.47. The van der Waals surface area contributed by atoms with Crippen LogP contribution in [-0.4, -0.2) is 12.5 Å². The van der Waals surface area contributed by atoms with Crippen LogP contribution in [0.3, 0.4) is 0 Å². The van der Waals surface area contributed by atoms with Gasteiger partial charge in [-0.3, -0.25) is 0 Å². The van der Waals surface area contributed by atoms with Crippen molar-refractivity contribution in [3.05, 3.63) is 0 Å². The summed E-state index contributed by atoms with van der Waals surface area (Å²) < 4.78 is 25.6. The lowest BCUT2D eigenvalue weighted by Crippen LogP contribution is -2.40. The normalized spacial score (nSPS) is 22.9. The lowest BCUT2D eigenvalue weighted by Gasteiger charge is -2.36. The third-order valence-corrected chi connectivity index (χ3v) is 2.62. The molecule has 66 valence electrons. The SMILES string of the molecule is CC(F)(F)C(CN)C1CCC1. The van der Waals surface area contributed by atoms with E-state index in [1.165, 1.54) is 0 Å². The highest BCUT2D eigenvalue weighted by atomic mass is 19.3. The quantitative estimate of drug-likeness (QED) is 0.676. The fraction of sp³-hybridized carbons (Fsp3) is 1.00. The molecule has 1 aliphatic rings. The highest BCUT2D eigenvalue weighted by molar-refractivity contribution is 4.85. The van der Waals surface area contributed by atoms with Crippen molar-refractivity contribution in [3.8, 4) is 0 Å². The first-order valence-corrected chi connectivity index (χ1v) is 4.13. The van der Waals surface area contributed by atoms with Gasteiger partial charge in [-0.05, 0) is 25.7 Å². The Morgan fingerprint density at radius 2 is 2.09 bits per heavy atom. The van der Waals surface area contributed by atoms with Gasteiger partial charge in [0.05, 0.1) is 0 Å². The summed E-state index contributed by atoms with van der Waals surface area (Å²) in [6.45, 7) is 1.09. The van der Waals surface area contributed by atoms with E-state index in [-0.39, 0.29) is 12.5 Å². The first kappa shape index (κ1) is 8.91. The van der Waals surface area contributed by atoms with E-state index in [2.05, 4.69) is 0 Å². The molecule has 0 aliphatic heterocycles. The van der Waals surface area contributed by atoms with Crippen LogP contribution in [0.1, 0.15) is 26.2 Å². The first-order valence-electron chi connectivity index (χ1n) is 4.13. The van der Waals surface area contributed by atoms with Gasteiger partial charge in [-0.15, -0.1) is 0 Å². The number of halogens is 2. The Morgan fingerprint density at radius 3 is 2.18 bits per heavy atom. The summed E-state index contributed by atoms with van der Waals surface area (Å²) >= 11 is 0. The van der Waals surface area contributed by atoms with Crippen molar-refractivity contribution in [1.29, 1.82) is 0 Å². The average molecular weight is 163 g/mol. The Labute approximate surface area is 66.0 Å². The van der Waals surface area contributed by atoms with Crippen molar-refractivity contribution >= 4 is 0 Å². The molecule has 2 N–H and O–H groups in total. The molecule has 11 heavy (non-hydrogen) atoms. The lowest BCUT2D eigenvalue weighted by atomic mass is 9.73. The van der Waals surface area contributed by atoms with E-state index in [1.807, 2.05) is 0 Å². The van der Waals surface area contributed by atoms with E-state index < -0.39 is 11.8 Å². The fourth-order valence-corrected chi connectivity index (χ4v) is 1.66. The van der Waals surface area contributed by atoms with Crippen LogP contribution in [0.25, 0.3) is 0 Å². The van der Waals surface area contributed by atoms with Crippen LogP contribution in [0.2, 0.25) is 0 Å². The van der Waals surface area contributed by atoms with E-state index >= 15 is 0 Å². The summed E-state index contributed by atoms with van der Waals surface area (Å²) in [4.78, 5) is 0. The number of rotatable bonds is 3. The smallest absolute Gasteiger partial charge is 0.249 e. The van der Waals surface area contributed by atoms with Gasteiger partial charge in [-0.2, -0.15) is 0 Å². The molecule has 0 spiro atoms. The van der Waals surface area contributed by atoms with E-state index in [1.54, 1.807) is 0 Å². The molecule has 0 aromatic heterocycles. The van der Waals surface area contributed by atoms with Crippen molar-refractivity contribution in [3.63, 3.8) is 0 Å². The minimum Gasteiger partial charge on any atom is -0.330 e. The molecule has 1 saturated carbocycles. The largest absolute Gasteiger partial charge is 0.330 e. The minimum atomic E-state index is -2.58. The Morgan fingerprint density at radius 1 is 1.55 bits per heavy atom. The Hall–Kier alpha value is -0.180. The molecule has 0 aromatic rings. The molecular formula is C8H15F2N. The van der Waals surface area contributed by atoms with Gasteiger partial charge in [0.25, 0.3) is 0 Å². The van der Waals surface area contributed by atoms with Gasteiger partial charge < -0.3 is 5.73 Å². The zero-order valence-electron chi connectivity index (χ0n) is 6.82. The second kappa shape index (κ2) is 3.05. The van der Waals surface area contributed by atoms with Gasteiger partial charge in [0.1, 0.15) is 0 Å². The van der Waals surface area contributed by atoms with Crippen LogP contribution in [0.15, 0.2) is 0 Å². The summed E-state index contributed by atoms with van der Waals surface area (Å²) in [5.74, 6) is -2.99. The van der Waals surface area contributed by atoms with Crippen LogP contribution in [0.5, 0.6) is 0 Å². The van der Waals surface area contributed by atoms with Gasteiger partial charge in [-0.1, -0.05) is 6.42 Å². The molecule has 1 atom stereocenters. The molecule has 0 heterocycles. The molecule has 1 unspecified atom stereocenters. The van der Waals surface area contributed by atoms with Gasteiger partial charge in [-0.25, -0.2) is 8.78 Å². The van der Waals surface area contributed by atoms with Crippen molar-refractivity contribution in [1.82, 2.24) is 0 Å². The van der Waals surface area contributed by atoms with Crippen molar-refractivity contribution in [2.75, 3.05) is 6.54 Å². The van der Waals surface area contributed by atoms with Crippen LogP contribution in [0, 0.1) is 11.8 Å². The molecule has 1 nitrogen and oxygen atoms in total. The molecule has 0 radical (unpaired) electrons. The summed E-state index contributed by atoms with van der Waals surface area (Å²) in [5.41, 5.74) is 5.29. The highest BCUT2D eigenvalue weighted by Gasteiger charge is 2.40. The monoisotopic (exact) mass is 163 g/mol. The maximum atomic E-state index is 12.8. The number of hydrogen-bond donors (Lipinski definition) is 1. The zero-order valence-corrected chi connectivity index (χ0v) is 6.82. The minimum absolute atomic E-state index is 0.119. The number of alkyl halides is 2. The van der Waals surface area contributed by atoms with Gasteiger partial charge in [0, 0.05) is 12.5 Å². The van der Waals surface area contributed by atoms with E-state index in [0.29, 0.717) is 0 Å². The topological polar surface area (TPSA) is 26.0 Å². The molecule has 0 saturated heterocycles. The molecule has 3 heteroatoms. The molecule has 1 aliphatic carbocycles. The summed E-state index contributed by atoms with van der Waals surface area (Å²) in [6.07, 6.45) is 2.97. The zero-order chi connectivity index (χ0) is 8.48. The van der Waals surface area contributed by atoms with Gasteiger partial charge in [0.15, 0.2) is 0 Å². The standard InChI is InChI=1S/C8H15F2N/c1-8(9,10)7(5-11)6-3-2-4-6/h6-7H,2-5,11H2,1H3. The van der Waals surface area contributed by atoms with E-state index in [9.17, 15) is 8.78 Å². The predicted octanol–water partition coefficient (Wildman–Crippen LogP) is 2.02. The van der Waals surface area contributed by atoms with Crippen molar-refractivity contribution in [2.45, 2.75) is 32.1 Å². The Balaban J connectivity index is 2.48. The summed E-state index contributed by atoms with van der Waals surface area (Å²) in [6, 6.07) is 0. The van der Waals surface area contributed by atoms with Crippen LogP contribution in [-0.2, 0) is 0 Å². The highest BCUT2D eigenvalue weighted by Crippen LogP contribution is 2.40. The Bertz CT molecular complexity index is 127. The fourth-order valence-electron chi connectivity index (χ4n) is 1.66. The van der Waals surface area contributed by atoms with Crippen LogP contribution < -0.4 is 5.73 Å². The number of hydrogen-bond acceptors (Lipinski definition) is 1. The average Bonchev–Trinajstić information content (AvgIpc) is 1.74. The van der Waals surface area contributed by atoms with Gasteiger partial charge >= 0.3 is 0 Å². The maximum absolute atomic E-state index is 12.8. The molecule has 1 rings (SSSR count). The predicted molar refractivity (Wildman–Crippen MR) is 40.5 cm³/mol. The lowest BCUT2D eigenvalue weighted by molar-refractivity contribution is -0.0731. The summed E-state index contributed by atoms with van der Waals surface area (Å²) in [7, 11) is 0. The van der Waals surface area contributed by atoms with E-state index in [4.69, 9.17) is 5.73 Å². The molecule has 0 amide bonds. The van der Waals surface area contributed by atoms with Crippen LogP contribution >= 0.6 is 0 Å². The summed E-state index contributed by atoms with van der Waals surface area (Å²) in [5, 5.41) is 0. The second-order valence-electron chi connectivity index (χ2n) is 3.49. The third kappa shape index (κ3) is 1.89. The number of nitrogens with two attached hydrogens (primary N) is 1. The molecular weight excluding hydrogens is 148 g/mol. The van der Waals surface area contributed by atoms with Crippen LogP contribution in [0.4, 0.5) is 8.78 Å². The second-order valence-corrected chi connectivity index (χ2v) is 3.49. The van der Waals surface area contributed by atoms with Crippen molar-refractivity contribution in [2.24, 2.45) is 17.6 Å². The first-order chi connectivity index (χ1) is 5.05. The molecule has 1 fully saturated rings. The van der Waals surface area contributed by atoms with Gasteiger partial charge in [0.2, 0.25) is 5.92 Å². The molecule has 0 aromatic carbocycles. The van der Waals surface area contributed by atoms with E-state index in [0.717, 1.165) is 26.2 Å². The van der Waals surface area contributed by atoms with Crippen molar-refractivity contribution < 1.29 is 8.78 Å². The third-order valence-electron chi connectivity index (χ3n) is 2.62.